The first-order chi connectivity index (χ1) is 12.0. The molecule has 25 heavy (non-hydrogen) atoms. The molecule has 0 bridgehead atoms. The molecule has 0 saturated heterocycles. The van der Waals surface area contributed by atoms with E-state index in [1.807, 2.05) is 36.4 Å². The summed E-state index contributed by atoms with van der Waals surface area (Å²) in [7, 11) is 0. The highest BCUT2D eigenvalue weighted by atomic mass is 79.9. The van der Waals surface area contributed by atoms with Gasteiger partial charge >= 0.3 is 5.97 Å². The van der Waals surface area contributed by atoms with Gasteiger partial charge in [-0.15, -0.1) is 0 Å². The number of ether oxygens (including phenoxy) is 1. The molecule has 0 radical (unpaired) electrons. The monoisotopic (exact) mass is 400 g/mol. The van der Waals surface area contributed by atoms with Crippen molar-refractivity contribution in [3.63, 3.8) is 0 Å². The highest BCUT2D eigenvalue weighted by Crippen LogP contribution is 2.19. The molecule has 3 rings (SSSR count). The number of hydrogen-bond donors (Lipinski definition) is 2. The molecule has 0 spiro atoms. The van der Waals surface area contributed by atoms with E-state index >= 15 is 0 Å². The van der Waals surface area contributed by atoms with Crippen LogP contribution < -0.4 is 5.32 Å². The Morgan fingerprint density at radius 1 is 1.16 bits per heavy atom. The largest absolute Gasteiger partial charge is 0.452 e. The molecule has 0 aliphatic heterocycles. The van der Waals surface area contributed by atoms with Crippen LogP contribution in [0.1, 0.15) is 12.5 Å². The summed E-state index contributed by atoms with van der Waals surface area (Å²) in [5, 5.41) is 3.70. The maximum absolute atomic E-state index is 12.1. The van der Waals surface area contributed by atoms with Gasteiger partial charge in [-0.3, -0.25) is 9.59 Å². The standard InChI is InChI=1S/C19H17BrN2O3/c1-12(19(24)22-15-8-6-14(20)7-9-15)25-18(23)10-13-11-21-17-5-3-2-4-16(13)17/h2-9,11-12,21H,10H2,1H3,(H,22,24)/t12-/m1/s1. The predicted octanol–water partition coefficient (Wildman–Crippen LogP) is 4.04. The normalized spacial score (nSPS) is 11.9. The Morgan fingerprint density at radius 3 is 2.64 bits per heavy atom. The predicted molar refractivity (Wildman–Crippen MR) is 100 cm³/mol. The number of nitrogens with one attached hydrogen (secondary N) is 2. The minimum Gasteiger partial charge on any atom is -0.452 e. The van der Waals surface area contributed by atoms with Gasteiger partial charge in [0.25, 0.3) is 5.91 Å². The van der Waals surface area contributed by atoms with Crippen LogP contribution in [0.3, 0.4) is 0 Å². The molecular formula is C19H17BrN2O3. The topological polar surface area (TPSA) is 71.2 Å². The molecule has 0 unspecified atom stereocenters. The molecule has 0 saturated carbocycles. The Balaban J connectivity index is 1.58. The van der Waals surface area contributed by atoms with Crippen molar-refractivity contribution >= 4 is 44.4 Å². The van der Waals surface area contributed by atoms with Crippen LogP contribution in [0, 0.1) is 0 Å². The van der Waals surface area contributed by atoms with Crippen molar-refractivity contribution in [1.82, 2.24) is 4.98 Å². The summed E-state index contributed by atoms with van der Waals surface area (Å²) in [6.07, 6.45) is 1.03. The molecule has 0 aliphatic carbocycles. The minimum absolute atomic E-state index is 0.111. The van der Waals surface area contributed by atoms with Gasteiger partial charge in [0.1, 0.15) is 0 Å². The van der Waals surface area contributed by atoms with E-state index < -0.39 is 12.1 Å². The lowest BCUT2D eigenvalue weighted by Crippen LogP contribution is -2.30. The first-order valence-electron chi connectivity index (χ1n) is 7.84. The quantitative estimate of drug-likeness (QED) is 0.634. The number of para-hydroxylation sites is 1. The van der Waals surface area contributed by atoms with E-state index in [1.54, 1.807) is 25.3 Å². The first kappa shape index (κ1) is 17.2. The number of halogens is 1. The number of amides is 1. The minimum atomic E-state index is -0.874. The Hall–Kier alpha value is -2.60. The number of fused-ring (bicyclic) bond motifs is 1. The van der Waals surface area contributed by atoms with Crippen molar-refractivity contribution in [2.45, 2.75) is 19.4 Å². The van der Waals surface area contributed by atoms with E-state index in [1.165, 1.54) is 0 Å². The second-order valence-corrected chi connectivity index (χ2v) is 6.58. The van der Waals surface area contributed by atoms with Crippen LogP contribution in [-0.2, 0) is 20.7 Å². The number of carbonyl (C=O) groups excluding carboxylic acids is 2. The van der Waals surface area contributed by atoms with Crippen molar-refractivity contribution in [2.24, 2.45) is 0 Å². The van der Waals surface area contributed by atoms with Crippen molar-refractivity contribution in [1.29, 1.82) is 0 Å². The Morgan fingerprint density at radius 2 is 1.88 bits per heavy atom. The third-order valence-electron chi connectivity index (χ3n) is 3.80. The molecule has 5 nitrogen and oxygen atoms in total. The molecule has 0 aliphatic rings. The van der Waals surface area contributed by atoms with Crippen LogP contribution in [0.5, 0.6) is 0 Å². The van der Waals surface area contributed by atoms with Gasteiger partial charge in [-0.2, -0.15) is 0 Å². The smallest absolute Gasteiger partial charge is 0.311 e. The summed E-state index contributed by atoms with van der Waals surface area (Å²) >= 11 is 3.33. The Kier molecular flexibility index (Phi) is 5.19. The zero-order valence-electron chi connectivity index (χ0n) is 13.6. The summed E-state index contributed by atoms with van der Waals surface area (Å²) in [5.74, 6) is -0.808. The van der Waals surface area contributed by atoms with Gasteiger partial charge < -0.3 is 15.0 Å². The molecule has 2 N–H and O–H groups in total. The van der Waals surface area contributed by atoms with E-state index in [0.717, 1.165) is 20.9 Å². The van der Waals surface area contributed by atoms with Gasteiger partial charge in [-0.1, -0.05) is 34.1 Å². The van der Waals surface area contributed by atoms with Crippen molar-refractivity contribution < 1.29 is 14.3 Å². The molecular weight excluding hydrogens is 384 g/mol. The van der Waals surface area contributed by atoms with Gasteiger partial charge in [0.15, 0.2) is 6.10 Å². The Labute approximate surface area is 153 Å². The highest BCUT2D eigenvalue weighted by molar-refractivity contribution is 9.10. The summed E-state index contributed by atoms with van der Waals surface area (Å²) in [6, 6.07) is 14.9. The Bertz CT molecular complexity index is 902. The summed E-state index contributed by atoms with van der Waals surface area (Å²) in [4.78, 5) is 27.4. The molecule has 1 atom stereocenters. The average Bonchev–Trinajstić information content (AvgIpc) is 3.00. The summed E-state index contributed by atoms with van der Waals surface area (Å²) in [6.45, 7) is 1.56. The zero-order chi connectivity index (χ0) is 17.8. The number of carbonyl (C=O) groups is 2. The fourth-order valence-electron chi connectivity index (χ4n) is 2.50. The van der Waals surface area contributed by atoms with E-state index in [2.05, 4.69) is 26.2 Å². The van der Waals surface area contributed by atoms with E-state index in [0.29, 0.717) is 5.69 Å². The second-order valence-electron chi connectivity index (χ2n) is 5.66. The molecule has 3 aromatic rings. The van der Waals surface area contributed by atoms with E-state index in [4.69, 9.17) is 4.74 Å². The average molecular weight is 401 g/mol. The fraction of sp³-hybridized carbons (Fsp3) is 0.158. The van der Waals surface area contributed by atoms with Gasteiger partial charge in [-0.05, 0) is 42.8 Å². The number of esters is 1. The molecule has 6 heteroatoms. The highest BCUT2D eigenvalue weighted by Gasteiger charge is 2.19. The number of anilines is 1. The van der Waals surface area contributed by atoms with Crippen LogP contribution in [-0.4, -0.2) is 23.0 Å². The number of aromatic nitrogens is 1. The number of rotatable bonds is 5. The van der Waals surface area contributed by atoms with Gasteiger partial charge in [0, 0.05) is 27.3 Å². The lowest BCUT2D eigenvalue weighted by Gasteiger charge is -2.13. The van der Waals surface area contributed by atoms with Crippen molar-refractivity contribution in [3.8, 4) is 0 Å². The van der Waals surface area contributed by atoms with E-state index in [-0.39, 0.29) is 12.3 Å². The molecule has 2 aromatic carbocycles. The zero-order valence-corrected chi connectivity index (χ0v) is 15.2. The van der Waals surface area contributed by atoms with Crippen molar-refractivity contribution in [3.05, 3.63) is 64.8 Å². The fourth-order valence-corrected chi connectivity index (χ4v) is 2.77. The van der Waals surface area contributed by atoms with Crippen molar-refractivity contribution in [2.75, 3.05) is 5.32 Å². The van der Waals surface area contributed by atoms with Gasteiger partial charge in [-0.25, -0.2) is 0 Å². The number of aromatic amines is 1. The maximum Gasteiger partial charge on any atom is 0.311 e. The third kappa shape index (κ3) is 4.28. The van der Waals surface area contributed by atoms with Gasteiger partial charge in [0.05, 0.1) is 6.42 Å². The summed E-state index contributed by atoms with van der Waals surface area (Å²) < 4.78 is 6.18. The van der Waals surface area contributed by atoms with Crippen LogP contribution >= 0.6 is 15.9 Å². The van der Waals surface area contributed by atoms with Crippen LogP contribution in [0.25, 0.3) is 10.9 Å². The van der Waals surface area contributed by atoms with Crippen LogP contribution in [0.15, 0.2) is 59.2 Å². The number of benzene rings is 2. The van der Waals surface area contributed by atoms with Gasteiger partial charge in [0.2, 0.25) is 0 Å². The SMILES string of the molecule is C[C@@H](OC(=O)Cc1c[nH]c2ccccc12)C(=O)Nc1ccc(Br)cc1. The maximum atomic E-state index is 12.1. The van der Waals surface area contributed by atoms with E-state index in [9.17, 15) is 9.59 Å². The third-order valence-corrected chi connectivity index (χ3v) is 4.33. The second kappa shape index (κ2) is 7.53. The first-order valence-corrected chi connectivity index (χ1v) is 8.63. The lowest BCUT2D eigenvalue weighted by molar-refractivity contribution is -0.152. The molecule has 0 fully saturated rings. The molecule has 1 aromatic heterocycles. The summed E-state index contributed by atoms with van der Waals surface area (Å²) in [5.41, 5.74) is 2.46. The molecule has 128 valence electrons. The number of hydrogen-bond acceptors (Lipinski definition) is 3. The molecule has 1 amide bonds. The van der Waals surface area contributed by atoms with Crippen LogP contribution in [0.4, 0.5) is 5.69 Å². The molecule has 1 heterocycles. The number of H-pyrrole nitrogens is 1. The van der Waals surface area contributed by atoms with Crippen LogP contribution in [0.2, 0.25) is 0 Å². The lowest BCUT2D eigenvalue weighted by atomic mass is 10.1.